The zero-order chi connectivity index (χ0) is 19.1. The largest absolute Gasteiger partial charge is 0.291 e. The molecule has 0 heterocycles. The molecule has 0 aliphatic heterocycles. The van der Waals surface area contributed by atoms with Gasteiger partial charge in [0.05, 0.1) is 0 Å². The van der Waals surface area contributed by atoms with E-state index in [0.717, 1.165) is 5.12 Å². The van der Waals surface area contributed by atoms with Gasteiger partial charge in [-0.2, -0.15) is 5.12 Å². The molecule has 0 fully saturated rings. The van der Waals surface area contributed by atoms with Crippen LogP contribution in [0, 0.1) is 0 Å². The molecule has 0 saturated carbocycles. The van der Waals surface area contributed by atoms with E-state index in [1.165, 1.54) is 0 Å². The molecular weight excluding hydrogens is 342 g/mol. The van der Waals surface area contributed by atoms with Gasteiger partial charge < -0.3 is 0 Å². The van der Waals surface area contributed by atoms with E-state index in [1.54, 1.807) is 91.0 Å². The van der Waals surface area contributed by atoms with E-state index in [1.807, 2.05) is 0 Å². The van der Waals surface area contributed by atoms with Crippen LogP contribution in [0.3, 0.4) is 0 Å². The van der Waals surface area contributed by atoms with E-state index >= 15 is 0 Å². The Bertz CT molecular complexity index is 875. The quantitative estimate of drug-likeness (QED) is 0.706. The third kappa shape index (κ3) is 4.58. The van der Waals surface area contributed by atoms with Crippen molar-refractivity contribution in [2.45, 2.75) is 0 Å². The first-order valence-corrected chi connectivity index (χ1v) is 8.27. The number of nitrogens with one attached hydrogen (secondary N) is 2. The Morgan fingerprint density at radius 1 is 0.519 bits per heavy atom. The average Bonchev–Trinajstić information content (AvgIpc) is 2.74. The van der Waals surface area contributed by atoms with Crippen molar-refractivity contribution >= 4 is 17.7 Å². The Morgan fingerprint density at radius 2 is 0.852 bits per heavy atom. The molecule has 27 heavy (non-hydrogen) atoms. The minimum Gasteiger partial charge on any atom is -0.267 e. The van der Waals surface area contributed by atoms with Gasteiger partial charge in [-0.05, 0) is 36.4 Å². The number of amides is 3. The lowest BCUT2D eigenvalue weighted by molar-refractivity contribution is 0.0418. The number of nitrogens with zero attached hydrogens (tertiary/aromatic N) is 1. The van der Waals surface area contributed by atoms with Gasteiger partial charge in [0.15, 0.2) is 0 Å². The van der Waals surface area contributed by atoms with Crippen LogP contribution < -0.4 is 10.9 Å². The summed E-state index contributed by atoms with van der Waals surface area (Å²) in [6.45, 7) is 0. The van der Waals surface area contributed by atoms with Crippen molar-refractivity contribution in [3.8, 4) is 0 Å². The molecule has 3 amide bonds. The van der Waals surface area contributed by atoms with E-state index in [9.17, 15) is 14.4 Å². The third-order valence-corrected chi connectivity index (χ3v) is 3.72. The van der Waals surface area contributed by atoms with Gasteiger partial charge in [-0.15, -0.1) is 0 Å². The van der Waals surface area contributed by atoms with Gasteiger partial charge >= 0.3 is 0 Å². The van der Waals surface area contributed by atoms with E-state index < -0.39 is 17.7 Å². The predicted molar refractivity (Wildman–Crippen MR) is 100 cm³/mol. The zero-order valence-electron chi connectivity index (χ0n) is 14.3. The van der Waals surface area contributed by atoms with E-state index in [4.69, 9.17) is 0 Å². The third-order valence-electron chi connectivity index (χ3n) is 3.72. The molecule has 0 saturated heterocycles. The summed E-state index contributed by atoms with van der Waals surface area (Å²) >= 11 is 0. The van der Waals surface area contributed by atoms with Crippen LogP contribution in [0.4, 0.5) is 0 Å². The van der Waals surface area contributed by atoms with Crippen LogP contribution in [0.15, 0.2) is 91.0 Å². The topological polar surface area (TPSA) is 78.5 Å². The average molecular weight is 359 g/mol. The Hall–Kier alpha value is -3.93. The number of carbonyl (C=O) groups excluding carboxylic acids is 3. The minimum atomic E-state index is -0.566. The highest BCUT2D eigenvalue weighted by atomic mass is 16.2. The smallest absolute Gasteiger partial charge is 0.267 e. The summed E-state index contributed by atoms with van der Waals surface area (Å²) in [5.41, 5.74) is 5.93. The molecule has 6 nitrogen and oxygen atoms in total. The van der Waals surface area contributed by atoms with Crippen LogP contribution >= 0.6 is 0 Å². The summed E-state index contributed by atoms with van der Waals surface area (Å²) in [7, 11) is 0. The summed E-state index contributed by atoms with van der Waals surface area (Å²) in [6.07, 6.45) is 0. The van der Waals surface area contributed by atoms with Gasteiger partial charge in [-0.3, -0.25) is 14.4 Å². The Balaban J connectivity index is 1.83. The molecule has 134 valence electrons. The summed E-state index contributed by atoms with van der Waals surface area (Å²) in [5.74, 6) is -1.61. The highest BCUT2D eigenvalue weighted by Gasteiger charge is 2.21. The van der Waals surface area contributed by atoms with Crippen molar-refractivity contribution < 1.29 is 14.4 Å². The molecule has 2 N–H and O–H groups in total. The molecule has 0 aliphatic carbocycles. The van der Waals surface area contributed by atoms with Crippen LogP contribution in [0.2, 0.25) is 0 Å². The van der Waals surface area contributed by atoms with Gasteiger partial charge in [-0.25, -0.2) is 10.9 Å². The number of hydrogen-bond acceptors (Lipinski definition) is 3. The molecule has 3 aromatic rings. The van der Waals surface area contributed by atoms with Crippen LogP contribution in [0.1, 0.15) is 31.1 Å². The fourth-order valence-electron chi connectivity index (χ4n) is 2.35. The second kappa shape index (κ2) is 8.44. The maximum Gasteiger partial charge on any atom is 0.291 e. The highest BCUT2D eigenvalue weighted by molar-refractivity contribution is 6.01. The molecule has 6 heteroatoms. The second-order valence-corrected chi connectivity index (χ2v) is 5.62. The fourth-order valence-corrected chi connectivity index (χ4v) is 2.35. The standard InChI is InChI=1S/C21H17N3O3/c25-19(16-10-4-1-5-11-16)22-24(21(27)18-14-8-3-9-15-18)23-20(26)17-12-6-2-7-13-17/h1-15H,(H,22,25)(H,23,26). The van der Waals surface area contributed by atoms with Gasteiger partial charge in [0.25, 0.3) is 17.7 Å². The van der Waals surface area contributed by atoms with Crippen LogP contribution in [-0.2, 0) is 0 Å². The highest BCUT2D eigenvalue weighted by Crippen LogP contribution is 2.05. The lowest BCUT2D eigenvalue weighted by atomic mass is 10.2. The van der Waals surface area contributed by atoms with Crippen molar-refractivity contribution in [3.05, 3.63) is 108 Å². The first kappa shape index (κ1) is 17.9. The molecule has 0 unspecified atom stereocenters. The molecule has 3 rings (SSSR count). The van der Waals surface area contributed by atoms with Crippen LogP contribution in [-0.4, -0.2) is 22.8 Å². The second-order valence-electron chi connectivity index (χ2n) is 5.62. The molecule has 0 spiro atoms. The van der Waals surface area contributed by atoms with E-state index in [0.29, 0.717) is 16.7 Å². The predicted octanol–water partition coefficient (Wildman–Crippen LogP) is 2.82. The first-order valence-electron chi connectivity index (χ1n) is 8.27. The summed E-state index contributed by atoms with van der Waals surface area (Å²) in [6, 6.07) is 25.2. The van der Waals surface area contributed by atoms with E-state index in [2.05, 4.69) is 10.9 Å². The zero-order valence-corrected chi connectivity index (χ0v) is 14.3. The molecule has 0 radical (unpaired) electrons. The summed E-state index contributed by atoms with van der Waals surface area (Å²) in [5, 5.41) is 0.806. The van der Waals surface area contributed by atoms with Crippen molar-refractivity contribution in [2.75, 3.05) is 0 Å². The Morgan fingerprint density at radius 3 is 1.22 bits per heavy atom. The van der Waals surface area contributed by atoms with Crippen molar-refractivity contribution in [1.29, 1.82) is 0 Å². The maximum atomic E-state index is 12.8. The Labute approximate surface area is 156 Å². The maximum absolute atomic E-state index is 12.8. The van der Waals surface area contributed by atoms with Crippen molar-refractivity contribution in [1.82, 2.24) is 16.0 Å². The number of rotatable bonds is 3. The van der Waals surface area contributed by atoms with Gasteiger partial charge in [-0.1, -0.05) is 54.6 Å². The van der Waals surface area contributed by atoms with E-state index in [-0.39, 0.29) is 0 Å². The number of hydrogen-bond donors (Lipinski definition) is 2. The normalized spacial score (nSPS) is 9.93. The van der Waals surface area contributed by atoms with Crippen LogP contribution in [0.25, 0.3) is 0 Å². The summed E-state index contributed by atoms with van der Waals surface area (Å²) in [4.78, 5) is 37.7. The molecule has 0 aliphatic rings. The number of carbonyl (C=O) groups is 3. The molecule has 0 atom stereocenters. The molecular formula is C21H17N3O3. The first-order chi connectivity index (χ1) is 13.1. The monoisotopic (exact) mass is 359 g/mol. The summed E-state index contributed by atoms with van der Waals surface area (Å²) < 4.78 is 0. The van der Waals surface area contributed by atoms with Gasteiger partial charge in [0, 0.05) is 16.7 Å². The minimum absolute atomic E-state index is 0.319. The van der Waals surface area contributed by atoms with Crippen molar-refractivity contribution in [2.24, 2.45) is 0 Å². The van der Waals surface area contributed by atoms with Gasteiger partial charge in [0.2, 0.25) is 0 Å². The fraction of sp³-hybridized carbons (Fsp3) is 0. The molecule has 3 aromatic carbocycles. The SMILES string of the molecule is O=C(NN(NC(=O)c1ccccc1)C(=O)c1ccccc1)c1ccccc1. The molecule has 0 aromatic heterocycles. The van der Waals surface area contributed by atoms with Crippen LogP contribution in [0.5, 0.6) is 0 Å². The van der Waals surface area contributed by atoms with Gasteiger partial charge in [0.1, 0.15) is 0 Å². The number of benzene rings is 3. The lowest BCUT2D eigenvalue weighted by Gasteiger charge is -2.23. The lowest BCUT2D eigenvalue weighted by Crippen LogP contribution is -2.56. The number of hydrazine groups is 2. The Kier molecular flexibility index (Phi) is 5.59. The van der Waals surface area contributed by atoms with Crippen molar-refractivity contribution in [3.63, 3.8) is 0 Å². The molecule has 0 bridgehead atoms.